The van der Waals surface area contributed by atoms with Gasteiger partial charge in [-0.05, 0) is 47.5 Å². The lowest BCUT2D eigenvalue weighted by atomic mass is 9.88. The molecule has 0 aromatic heterocycles. The Kier molecular flexibility index (Phi) is 6.22. The highest BCUT2D eigenvalue weighted by Gasteiger charge is 2.36. The van der Waals surface area contributed by atoms with E-state index in [2.05, 4.69) is 21.2 Å². The molecule has 0 aliphatic carbocycles. The standard InChI is InChI=1S/C22H14BrF3N2O3/c23-13-6-4-12(5-7-13)16(11-27)15-9-8-14(10-17(15)22(24,25)26)28-21(31)20-18(29)2-1-3-19(20)30/h1-10,16,29-30H,(H,28,31). The van der Waals surface area contributed by atoms with Crippen LogP contribution in [0.3, 0.4) is 0 Å². The number of aromatic hydroxyl groups is 2. The predicted octanol–water partition coefficient (Wildman–Crippen LogP) is 5.79. The van der Waals surface area contributed by atoms with E-state index in [1.54, 1.807) is 24.3 Å². The number of anilines is 1. The van der Waals surface area contributed by atoms with Crippen LogP contribution < -0.4 is 5.32 Å². The molecule has 158 valence electrons. The molecule has 0 aliphatic heterocycles. The van der Waals surface area contributed by atoms with Gasteiger partial charge in [-0.2, -0.15) is 18.4 Å². The summed E-state index contributed by atoms with van der Waals surface area (Å²) in [6, 6.07) is 14.9. The van der Waals surface area contributed by atoms with Crippen molar-refractivity contribution >= 4 is 27.5 Å². The fraction of sp³-hybridized carbons (Fsp3) is 0.0909. The highest BCUT2D eigenvalue weighted by molar-refractivity contribution is 9.10. The lowest BCUT2D eigenvalue weighted by Gasteiger charge is -2.19. The summed E-state index contributed by atoms with van der Waals surface area (Å²) in [5.74, 6) is -3.21. The predicted molar refractivity (Wildman–Crippen MR) is 111 cm³/mol. The third kappa shape index (κ3) is 4.81. The lowest BCUT2D eigenvalue weighted by Crippen LogP contribution is -2.16. The zero-order valence-electron chi connectivity index (χ0n) is 15.6. The van der Waals surface area contributed by atoms with Crippen LogP contribution in [0.5, 0.6) is 11.5 Å². The molecule has 0 fully saturated rings. The monoisotopic (exact) mass is 490 g/mol. The zero-order chi connectivity index (χ0) is 22.8. The topological polar surface area (TPSA) is 93.4 Å². The third-order valence-corrected chi connectivity index (χ3v) is 5.04. The van der Waals surface area contributed by atoms with Gasteiger partial charge in [-0.25, -0.2) is 0 Å². The van der Waals surface area contributed by atoms with Gasteiger partial charge in [0.25, 0.3) is 5.91 Å². The van der Waals surface area contributed by atoms with Gasteiger partial charge in [-0.15, -0.1) is 0 Å². The Morgan fingerprint density at radius 1 is 1.03 bits per heavy atom. The number of phenols is 2. The van der Waals surface area contributed by atoms with Crippen molar-refractivity contribution in [3.05, 3.63) is 87.4 Å². The minimum absolute atomic E-state index is 0.212. The van der Waals surface area contributed by atoms with Crippen LogP contribution >= 0.6 is 15.9 Å². The quantitative estimate of drug-likeness (QED) is 0.431. The van der Waals surface area contributed by atoms with E-state index in [9.17, 15) is 33.4 Å². The normalized spacial score (nSPS) is 12.1. The first-order chi connectivity index (χ1) is 14.6. The number of carbonyl (C=O) groups is 1. The molecule has 1 unspecified atom stereocenters. The zero-order valence-corrected chi connectivity index (χ0v) is 17.2. The SMILES string of the molecule is N#CC(c1ccc(Br)cc1)c1ccc(NC(=O)c2c(O)cccc2O)cc1C(F)(F)F. The molecule has 3 aromatic carbocycles. The molecule has 3 rings (SSSR count). The number of benzene rings is 3. The average Bonchev–Trinajstić information content (AvgIpc) is 2.70. The summed E-state index contributed by atoms with van der Waals surface area (Å²) in [4.78, 5) is 12.4. The summed E-state index contributed by atoms with van der Waals surface area (Å²) in [7, 11) is 0. The molecule has 1 atom stereocenters. The number of hydrogen-bond donors (Lipinski definition) is 3. The molecule has 3 N–H and O–H groups in total. The number of phenolic OH excluding ortho intramolecular Hbond substituents is 2. The van der Waals surface area contributed by atoms with Crippen LogP contribution in [0.25, 0.3) is 0 Å². The minimum Gasteiger partial charge on any atom is -0.507 e. The van der Waals surface area contributed by atoms with Crippen molar-refractivity contribution in [2.24, 2.45) is 0 Å². The molecule has 1 amide bonds. The number of nitrogens with one attached hydrogen (secondary N) is 1. The number of rotatable bonds is 4. The molecule has 0 heterocycles. The Morgan fingerprint density at radius 2 is 1.65 bits per heavy atom. The molecule has 0 radical (unpaired) electrons. The largest absolute Gasteiger partial charge is 0.507 e. The van der Waals surface area contributed by atoms with Crippen molar-refractivity contribution in [2.45, 2.75) is 12.1 Å². The number of nitrogens with zero attached hydrogens (tertiary/aromatic N) is 1. The Balaban J connectivity index is 2.02. The summed E-state index contributed by atoms with van der Waals surface area (Å²) in [6.07, 6.45) is -4.79. The minimum atomic E-state index is -4.79. The maximum atomic E-state index is 13.8. The van der Waals surface area contributed by atoms with E-state index in [-0.39, 0.29) is 11.3 Å². The van der Waals surface area contributed by atoms with E-state index in [1.807, 2.05) is 6.07 Å². The van der Waals surface area contributed by atoms with Crippen LogP contribution in [0.1, 0.15) is 33.0 Å². The van der Waals surface area contributed by atoms with Gasteiger partial charge < -0.3 is 15.5 Å². The summed E-state index contributed by atoms with van der Waals surface area (Å²) in [6.45, 7) is 0. The maximum absolute atomic E-state index is 13.8. The Morgan fingerprint density at radius 3 is 2.19 bits per heavy atom. The molecule has 0 aliphatic rings. The van der Waals surface area contributed by atoms with Crippen molar-refractivity contribution in [3.8, 4) is 17.6 Å². The first-order valence-electron chi connectivity index (χ1n) is 8.80. The summed E-state index contributed by atoms with van der Waals surface area (Å²) < 4.78 is 42.1. The van der Waals surface area contributed by atoms with Crippen molar-refractivity contribution in [3.63, 3.8) is 0 Å². The summed E-state index contributed by atoms with van der Waals surface area (Å²) in [5, 5.41) is 31.4. The van der Waals surface area contributed by atoms with Crippen molar-refractivity contribution in [1.29, 1.82) is 5.26 Å². The van der Waals surface area contributed by atoms with Crippen LogP contribution in [0.15, 0.2) is 65.1 Å². The second-order valence-corrected chi connectivity index (χ2v) is 7.45. The fourth-order valence-corrected chi connectivity index (χ4v) is 3.33. The molecule has 0 saturated heterocycles. The van der Waals surface area contributed by atoms with E-state index in [4.69, 9.17) is 0 Å². The number of halogens is 4. The van der Waals surface area contributed by atoms with E-state index in [0.29, 0.717) is 11.6 Å². The number of hydrogen-bond acceptors (Lipinski definition) is 4. The smallest absolute Gasteiger partial charge is 0.416 e. The van der Waals surface area contributed by atoms with E-state index < -0.39 is 40.6 Å². The van der Waals surface area contributed by atoms with Crippen LogP contribution in [-0.2, 0) is 6.18 Å². The number of nitriles is 1. The van der Waals surface area contributed by atoms with E-state index in [0.717, 1.165) is 22.7 Å². The first kappa shape index (κ1) is 22.2. The highest BCUT2D eigenvalue weighted by atomic mass is 79.9. The van der Waals surface area contributed by atoms with Crippen LogP contribution in [0.4, 0.5) is 18.9 Å². The molecule has 5 nitrogen and oxygen atoms in total. The van der Waals surface area contributed by atoms with E-state index in [1.165, 1.54) is 12.1 Å². The summed E-state index contributed by atoms with van der Waals surface area (Å²) in [5.41, 5.74) is -1.64. The van der Waals surface area contributed by atoms with Crippen LogP contribution in [0, 0.1) is 11.3 Å². The average molecular weight is 491 g/mol. The molecular formula is C22H14BrF3N2O3. The van der Waals surface area contributed by atoms with Gasteiger partial charge in [0, 0.05) is 10.2 Å². The number of carbonyl (C=O) groups excluding carboxylic acids is 1. The molecular weight excluding hydrogens is 477 g/mol. The Labute approximate surface area is 183 Å². The lowest BCUT2D eigenvalue weighted by molar-refractivity contribution is -0.138. The third-order valence-electron chi connectivity index (χ3n) is 4.51. The van der Waals surface area contributed by atoms with Gasteiger partial charge in [0.2, 0.25) is 0 Å². The summed E-state index contributed by atoms with van der Waals surface area (Å²) >= 11 is 3.24. The molecule has 0 spiro atoms. The van der Waals surface area contributed by atoms with Crippen molar-refractivity contribution < 1.29 is 28.2 Å². The molecule has 31 heavy (non-hydrogen) atoms. The maximum Gasteiger partial charge on any atom is 0.416 e. The molecule has 0 saturated carbocycles. The number of alkyl halides is 3. The van der Waals surface area contributed by atoms with Crippen LogP contribution in [0.2, 0.25) is 0 Å². The van der Waals surface area contributed by atoms with E-state index >= 15 is 0 Å². The van der Waals surface area contributed by atoms with Gasteiger partial charge in [0.05, 0.1) is 17.6 Å². The van der Waals surface area contributed by atoms with Gasteiger partial charge in [0.15, 0.2) is 0 Å². The van der Waals surface area contributed by atoms with Crippen molar-refractivity contribution in [1.82, 2.24) is 0 Å². The number of amides is 1. The van der Waals surface area contributed by atoms with Crippen LogP contribution in [-0.4, -0.2) is 16.1 Å². The second-order valence-electron chi connectivity index (χ2n) is 6.54. The van der Waals surface area contributed by atoms with Gasteiger partial charge in [0.1, 0.15) is 17.1 Å². The highest BCUT2D eigenvalue weighted by Crippen LogP contribution is 2.39. The Bertz CT molecular complexity index is 1150. The molecule has 3 aromatic rings. The van der Waals surface area contributed by atoms with Crippen molar-refractivity contribution in [2.75, 3.05) is 5.32 Å². The molecule has 0 bridgehead atoms. The second kappa shape index (κ2) is 8.70. The van der Waals surface area contributed by atoms with Gasteiger partial charge >= 0.3 is 6.18 Å². The fourth-order valence-electron chi connectivity index (χ4n) is 3.06. The first-order valence-corrected chi connectivity index (χ1v) is 9.59. The molecule has 9 heteroatoms. The van der Waals surface area contributed by atoms with Gasteiger partial charge in [-0.3, -0.25) is 4.79 Å². The van der Waals surface area contributed by atoms with Gasteiger partial charge in [-0.1, -0.05) is 40.2 Å². The Hall–Kier alpha value is -3.51.